The molecule has 0 N–H and O–H groups in total. The normalized spacial score (nSPS) is 18.5. The standard InChI is InChI=1S/C22H31FN4O/c1-5-27-14-20(17(4)24-27)22(28)26-12-6-11-25(21(15-26)16(2)3)13-18-7-9-19(23)10-8-18/h7-10,14,16,21H,5-6,11-13,15H2,1-4H3/t21-/m0/s1. The van der Waals surface area contributed by atoms with Crippen molar-refractivity contribution in [2.75, 3.05) is 19.6 Å². The molecule has 6 heteroatoms. The summed E-state index contributed by atoms with van der Waals surface area (Å²) < 4.78 is 15.1. The number of aromatic nitrogens is 2. The summed E-state index contributed by atoms with van der Waals surface area (Å²) in [5.74, 6) is 0.277. The van der Waals surface area contributed by atoms with Crippen LogP contribution in [0.3, 0.4) is 0 Å². The Morgan fingerprint density at radius 2 is 1.96 bits per heavy atom. The summed E-state index contributed by atoms with van der Waals surface area (Å²) in [5.41, 5.74) is 2.60. The summed E-state index contributed by atoms with van der Waals surface area (Å²) in [4.78, 5) is 17.6. The molecule has 1 amide bonds. The van der Waals surface area contributed by atoms with Crippen molar-refractivity contribution in [1.82, 2.24) is 19.6 Å². The Bertz CT molecular complexity index is 799. The van der Waals surface area contributed by atoms with Crippen molar-refractivity contribution in [3.63, 3.8) is 0 Å². The largest absolute Gasteiger partial charge is 0.337 e. The second kappa shape index (κ2) is 8.86. The summed E-state index contributed by atoms with van der Waals surface area (Å²) in [6, 6.07) is 6.99. The maximum atomic E-state index is 13.2. The van der Waals surface area contributed by atoms with Crippen LogP contribution in [0.1, 0.15) is 48.8 Å². The minimum Gasteiger partial charge on any atom is -0.337 e. The van der Waals surface area contributed by atoms with E-state index in [9.17, 15) is 9.18 Å². The number of hydrogen-bond acceptors (Lipinski definition) is 3. The van der Waals surface area contributed by atoms with E-state index in [0.29, 0.717) is 18.0 Å². The molecule has 1 atom stereocenters. The number of benzene rings is 1. The smallest absolute Gasteiger partial charge is 0.257 e. The van der Waals surface area contributed by atoms with Crippen molar-refractivity contribution in [3.8, 4) is 0 Å². The fourth-order valence-electron chi connectivity index (χ4n) is 3.96. The average Bonchev–Trinajstić information content (AvgIpc) is 2.92. The molecule has 5 nitrogen and oxygen atoms in total. The van der Waals surface area contributed by atoms with Crippen LogP contribution < -0.4 is 0 Å². The molecule has 0 aliphatic carbocycles. The van der Waals surface area contributed by atoms with Gasteiger partial charge in [0.05, 0.1) is 11.3 Å². The number of hydrogen-bond donors (Lipinski definition) is 0. The first kappa shape index (κ1) is 20.5. The molecule has 2 aromatic rings. The number of nitrogens with zero attached hydrogens (tertiary/aromatic N) is 4. The van der Waals surface area contributed by atoms with E-state index in [1.807, 2.05) is 41.8 Å². The Labute approximate surface area is 167 Å². The van der Waals surface area contributed by atoms with Gasteiger partial charge < -0.3 is 4.90 Å². The minimum atomic E-state index is -0.209. The van der Waals surface area contributed by atoms with Crippen LogP contribution in [0.25, 0.3) is 0 Å². The highest BCUT2D eigenvalue weighted by Gasteiger charge is 2.31. The van der Waals surface area contributed by atoms with Gasteiger partial charge in [0.1, 0.15) is 5.82 Å². The van der Waals surface area contributed by atoms with Gasteiger partial charge in [0.2, 0.25) is 0 Å². The Balaban J connectivity index is 1.77. The highest BCUT2D eigenvalue weighted by Crippen LogP contribution is 2.22. The molecule has 1 fully saturated rings. The molecular weight excluding hydrogens is 355 g/mol. The molecule has 28 heavy (non-hydrogen) atoms. The van der Waals surface area contributed by atoms with Crippen LogP contribution in [0.2, 0.25) is 0 Å². The summed E-state index contributed by atoms with van der Waals surface area (Å²) in [6.07, 6.45) is 2.79. The van der Waals surface area contributed by atoms with E-state index in [2.05, 4.69) is 23.8 Å². The molecule has 1 aromatic heterocycles. The SMILES string of the molecule is CCn1cc(C(=O)N2CCCN(Cc3ccc(F)cc3)[C@H](C(C)C)C2)c(C)n1. The van der Waals surface area contributed by atoms with Gasteiger partial charge in [-0.3, -0.25) is 14.4 Å². The monoisotopic (exact) mass is 386 g/mol. The van der Waals surface area contributed by atoms with E-state index in [0.717, 1.165) is 43.9 Å². The second-order valence-electron chi connectivity index (χ2n) is 8.00. The topological polar surface area (TPSA) is 41.4 Å². The predicted octanol–water partition coefficient (Wildman–Crippen LogP) is 3.72. The van der Waals surface area contributed by atoms with Gasteiger partial charge in [-0.15, -0.1) is 0 Å². The van der Waals surface area contributed by atoms with Crippen molar-refractivity contribution in [2.45, 2.75) is 53.2 Å². The summed E-state index contributed by atoms with van der Waals surface area (Å²) in [5, 5.41) is 4.43. The summed E-state index contributed by atoms with van der Waals surface area (Å²) >= 11 is 0. The average molecular weight is 387 g/mol. The van der Waals surface area contributed by atoms with Crippen LogP contribution in [-0.2, 0) is 13.1 Å². The lowest BCUT2D eigenvalue weighted by Crippen LogP contribution is -2.45. The van der Waals surface area contributed by atoms with E-state index >= 15 is 0 Å². The van der Waals surface area contributed by atoms with Gasteiger partial charge in [0, 0.05) is 45.0 Å². The van der Waals surface area contributed by atoms with Gasteiger partial charge >= 0.3 is 0 Å². The molecule has 0 radical (unpaired) electrons. The Morgan fingerprint density at radius 1 is 1.25 bits per heavy atom. The van der Waals surface area contributed by atoms with Gasteiger partial charge in [-0.2, -0.15) is 5.10 Å². The van der Waals surface area contributed by atoms with Crippen LogP contribution in [0.5, 0.6) is 0 Å². The first-order valence-corrected chi connectivity index (χ1v) is 10.2. The number of halogens is 1. The molecule has 0 bridgehead atoms. The molecule has 1 aliphatic heterocycles. The van der Waals surface area contributed by atoms with Crippen LogP contribution in [0.15, 0.2) is 30.5 Å². The number of carbonyl (C=O) groups excluding carboxylic acids is 1. The lowest BCUT2D eigenvalue weighted by Gasteiger charge is -2.34. The third kappa shape index (κ3) is 4.61. The Morgan fingerprint density at radius 3 is 2.57 bits per heavy atom. The van der Waals surface area contributed by atoms with Crippen LogP contribution in [-0.4, -0.2) is 51.2 Å². The van der Waals surface area contributed by atoms with E-state index in [-0.39, 0.29) is 17.8 Å². The fraction of sp³-hybridized carbons (Fsp3) is 0.545. The number of rotatable bonds is 5. The zero-order chi connectivity index (χ0) is 20.3. The maximum Gasteiger partial charge on any atom is 0.257 e. The molecule has 2 heterocycles. The van der Waals surface area contributed by atoms with Gasteiger partial charge in [-0.05, 0) is 43.9 Å². The van der Waals surface area contributed by atoms with Crippen molar-refractivity contribution in [2.24, 2.45) is 5.92 Å². The van der Waals surface area contributed by atoms with Crippen molar-refractivity contribution in [1.29, 1.82) is 0 Å². The Hall–Kier alpha value is -2.21. The zero-order valence-corrected chi connectivity index (χ0v) is 17.4. The quantitative estimate of drug-likeness (QED) is 0.786. The van der Waals surface area contributed by atoms with Crippen molar-refractivity contribution in [3.05, 3.63) is 53.1 Å². The lowest BCUT2D eigenvalue weighted by atomic mass is 10.0. The van der Waals surface area contributed by atoms with Crippen molar-refractivity contribution >= 4 is 5.91 Å². The van der Waals surface area contributed by atoms with Crippen LogP contribution in [0.4, 0.5) is 4.39 Å². The zero-order valence-electron chi connectivity index (χ0n) is 17.4. The van der Waals surface area contributed by atoms with Crippen LogP contribution >= 0.6 is 0 Å². The molecule has 0 unspecified atom stereocenters. The molecule has 3 rings (SSSR count). The van der Waals surface area contributed by atoms with Gasteiger partial charge in [-0.1, -0.05) is 26.0 Å². The lowest BCUT2D eigenvalue weighted by molar-refractivity contribution is 0.0701. The summed E-state index contributed by atoms with van der Waals surface area (Å²) in [7, 11) is 0. The van der Waals surface area contributed by atoms with Crippen molar-refractivity contribution < 1.29 is 9.18 Å². The number of aryl methyl sites for hydroxylation is 2. The second-order valence-corrected chi connectivity index (χ2v) is 8.00. The molecule has 1 saturated heterocycles. The minimum absolute atomic E-state index is 0.0754. The molecule has 0 saturated carbocycles. The molecule has 1 aliphatic rings. The molecule has 1 aromatic carbocycles. The highest BCUT2D eigenvalue weighted by molar-refractivity contribution is 5.95. The van der Waals surface area contributed by atoms with Crippen LogP contribution in [0, 0.1) is 18.7 Å². The van der Waals surface area contributed by atoms with E-state index in [4.69, 9.17) is 0 Å². The van der Waals surface area contributed by atoms with E-state index in [1.54, 1.807) is 0 Å². The summed E-state index contributed by atoms with van der Waals surface area (Å²) in [6.45, 7) is 12.2. The highest BCUT2D eigenvalue weighted by atomic mass is 19.1. The predicted molar refractivity (Wildman–Crippen MR) is 109 cm³/mol. The number of amides is 1. The van der Waals surface area contributed by atoms with Gasteiger partial charge in [0.25, 0.3) is 5.91 Å². The fourth-order valence-corrected chi connectivity index (χ4v) is 3.96. The molecule has 0 spiro atoms. The van der Waals surface area contributed by atoms with E-state index in [1.165, 1.54) is 12.1 Å². The Kier molecular flexibility index (Phi) is 6.50. The van der Waals surface area contributed by atoms with E-state index < -0.39 is 0 Å². The first-order valence-electron chi connectivity index (χ1n) is 10.2. The maximum absolute atomic E-state index is 13.2. The molecule has 152 valence electrons. The number of carbonyl (C=O) groups is 1. The third-order valence-electron chi connectivity index (χ3n) is 5.61. The first-order chi connectivity index (χ1) is 13.4. The van der Waals surface area contributed by atoms with Gasteiger partial charge in [0.15, 0.2) is 0 Å². The molecular formula is C22H31FN4O. The van der Waals surface area contributed by atoms with Gasteiger partial charge in [-0.25, -0.2) is 4.39 Å². The third-order valence-corrected chi connectivity index (χ3v) is 5.61.